The van der Waals surface area contributed by atoms with Crippen LogP contribution in [0.1, 0.15) is 5.56 Å². The van der Waals surface area contributed by atoms with Crippen molar-refractivity contribution < 1.29 is 4.74 Å². The third-order valence-electron chi connectivity index (χ3n) is 4.26. The van der Waals surface area contributed by atoms with Crippen molar-refractivity contribution in [2.45, 2.75) is 6.92 Å². The van der Waals surface area contributed by atoms with E-state index in [1.165, 1.54) is 0 Å². The van der Waals surface area contributed by atoms with E-state index in [-0.39, 0.29) is 0 Å². The van der Waals surface area contributed by atoms with Crippen LogP contribution in [0.5, 0.6) is 0 Å². The lowest BCUT2D eigenvalue weighted by Crippen LogP contribution is -2.36. The molecule has 0 amide bonds. The number of hydrogen-bond donors (Lipinski definition) is 1. The van der Waals surface area contributed by atoms with Crippen molar-refractivity contribution in [1.29, 1.82) is 0 Å². The Kier molecular flexibility index (Phi) is 4.50. The molecule has 7 heteroatoms. The van der Waals surface area contributed by atoms with Gasteiger partial charge in [0.2, 0.25) is 0 Å². The summed E-state index contributed by atoms with van der Waals surface area (Å²) >= 11 is 3.64. The Balaban J connectivity index is 1.63. The number of anilines is 3. The highest BCUT2D eigenvalue weighted by Crippen LogP contribution is 2.30. The van der Waals surface area contributed by atoms with Crippen molar-refractivity contribution in [2.75, 3.05) is 36.5 Å². The molecule has 2 aromatic heterocycles. The van der Waals surface area contributed by atoms with E-state index < -0.39 is 0 Å². The second-order valence-corrected chi connectivity index (χ2v) is 6.80. The minimum Gasteiger partial charge on any atom is -0.378 e. The lowest BCUT2D eigenvalue weighted by atomic mass is 10.1. The van der Waals surface area contributed by atoms with Gasteiger partial charge in [0.25, 0.3) is 0 Å². The molecule has 4 rings (SSSR count). The molecule has 0 radical (unpaired) electrons. The van der Waals surface area contributed by atoms with Crippen LogP contribution in [0, 0.1) is 6.92 Å². The first-order chi connectivity index (χ1) is 12.2. The number of hydrogen-bond acceptors (Lipinski definition) is 6. The molecule has 0 unspecified atom stereocenters. The van der Waals surface area contributed by atoms with Crippen molar-refractivity contribution in [2.24, 2.45) is 0 Å². The molecule has 1 aliphatic rings. The number of nitrogens with one attached hydrogen (secondary N) is 1. The first-order valence-electron chi connectivity index (χ1n) is 8.18. The second-order valence-electron chi connectivity index (χ2n) is 5.95. The van der Waals surface area contributed by atoms with E-state index in [1.807, 2.05) is 37.4 Å². The minimum atomic E-state index is 0.737. The molecule has 6 nitrogen and oxygen atoms in total. The largest absolute Gasteiger partial charge is 0.378 e. The first-order valence-corrected chi connectivity index (χ1v) is 8.97. The fourth-order valence-electron chi connectivity index (χ4n) is 2.98. The molecule has 0 bridgehead atoms. The zero-order valence-electron chi connectivity index (χ0n) is 13.9. The standard InChI is InChI=1S/C18H18BrN5O/c1-12-3-2-4-14-16(12)21-11-22-17(14)23-13-9-15(19)18(20-10-13)24-5-7-25-8-6-24/h2-4,9-11H,5-8H2,1H3,(H,21,22,23). The van der Waals surface area contributed by atoms with Gasteiger partial charge in [0.15, 0.2) is 0 Å². The normalized spacial score (nSPS) is 14.7. The first kappa shape index (κ1) is 16.2. The van der Waals surface area contributed by atoms with Crippen molar-refractivity contribution in [3.8, 4) is 0 Å². The van der Waals surface area contributed by atoms with Gasteiger partial charge < -0.3 is 15.0 Å². The van der Waals surface area contributed by atoms with Crippen LogP contribution in [0.25, 0.3) is 10.9 Å². The van der Waals surface area contributed by atoms with E-state index >= 15 is 0 Å². The number of benzene rings is 1. The van der Waals surface area contributed by atoms with Crippen LogP contribution >= 0.6 is 15.9 Å². The summed E-state index contributed by atoms with van der Waals surface area (Å²) < 4.78 is 6.36. The van der Waals surface area contributed by atoms with E-state index in [1.54, 1.807) is 6.33 Å². The van der Waals surface area contributed by atoms with Gasteiger partial charge >= 0.3 is 0 Å². The van der Waals surface area contributed by atoms with Crippen LogP contribution in [0.4, 0.5) is 17.3 Å². The van der Waals surface area contributed by atoms with Gasteiger partial charge in [0.1, 0.15) is 18.0 Å². The average Bonchev–Trinajstić information content (AvgIpc) is 2.63. The van der Waals surface area contributed by atoms with Crippen molar-refractivity contribution in [3.05, 3.63) is 46.8 Å². The van der Waals surface area contributed by atoms with Gasteiger partial charge in [0.05, 0.1) is 35.1 Å². The van der Waals surface area contributed by atoms with Gasteiger partial charge in [-0.1, -0.05) is 12.1 Å². The highest BCUT2D eigenvalue weighted by Gasteiger charge is 2.16. The van der Waals surface area contributed by atoms with Gasteiger partial charge in [-0.15, -0.1) is 0 Å². The van der Waals surface area contributed by atoms with Gasteiger partial charge in [-0.25, -0.2) is 15.0 Å². The number of rotatable bonds is 3. The van der Waals surface area contributed by atoms with E-state index in [0.29, 0.717) is 0 Å². The number of halogens is 1. The summed E-state index contributed by atoms with van der Waals surface area (Å²) in [4.78, 5) is 15.6. The molecule has 1 aromatic carbocycles. The average molecular weight is 400 g/mol. The van der Waals surface area contributed by atoms with Gasteiger partial charge in [-0.3, -0.25) is 0 Å². The number of morpholine rings is 1. The summed E-state index contributed by atoms with van der Waals surface area (Å²) in [5.74, 6) is 1.72. The number of aromatic nitrogens is 3. The van der Waals surface area contributed by atoms with Gasteiger partial charge in [-0.2, -0.15) is 0 Å². The lowest BCUT2D eigenvalue weighted by molar-refractivity contribution is 0.122. The molecule has 0 saturated carbocycles. The Morgan fingerprint density at radius 1 is 1.16 bits per heavy atom. The molecule has 25 heavy (non-hydrogen) atoms. The summed E-state index contributed by atoms with van der Waals surface area (Å²) in [7, 11) is 0. The predicted molar refractivity (Wildman–Crippen MR) is 103 cm³/mol. The van der Waals surface area contributed by atoms with Crippen molar-refractivity contribution in [1.82, 2.24) is 15.0 Å². The molecule has 1 aliphatic heterocycles. The van der Waals surface area contributed by atoms with Gasteiger partial charge in [-0.05, 0) is 40.5 Å². The van der Waals surface area contributed by atoms with E-state index in [0.717, 1.165) is 64.6 Å². The third kappa shape index (κ3) is 3.29. The zero-order chi connectivity index (χ0) is 17.2. The Morgan fingerprint density at radius 2 is 2.00 bits per heavy atom. The quantitative estimate of drug-likeness (QED) is 0.724. The summed E-state index contributed by atoms with van der Waals surface area (Å²) in [6.07, 6.45) is 3.42. The summed E-state index contributed by atoms with van der Waals surface area (Å²) in [5.41, 5.74) is 2.97. The number of aryl methyl sites for hydroxylation is 1. The van der Waals surface area contributed by atoms with Crippen molar-refractivity contribution in [3.63, 3.8) is 0 Å². The summed E-state index contributed by atoms with van der Waals surface area (Å²) in [6, 6.07) is 8.12. The van der Waals surface area contributed by atoms with E-state index in [9.17, 15) is 0 Å². The zero-order valence-corrected chi connectivity index (χ0v) is 15.5. The van der Waals surface area contributed by atoms with Crippen LogP contribution in [-0.4, -0.2) is 41.3 Å². The van der Waals surface area contributed by atoms with E-state index in [4.69, 9.17) is 4.74 Å². The van der Waals surface area contributed by atoms with Crippen molar-refractivity contribution >= 4 is 44.2 Å². The highest BCUT2D eigenvalue weighted by molar-refractivity contribution is 9.10. The minimum absolute atomic E-state index is 0.737. The monoisotopic (exact) mass is 399 g/mol. The molecule has 1 N–H and O–H groups in total. The molecular formula is C18H18BrN5O. The molecule has 3 heterocycles. The Hall–Kier alpha value is -2.25. The molecule has 128 valence electrons. The molecule has 0 aliphatic carbocycles. The van der Waals surface area contributed by atoms with Crippen LogP contribution in [0.2, 0.25) is 0 Å². The third-order valence-corrected chi connectivity index (χ3v) is 4.85. The fraction of sp³-hybridized carbons (Fsp3) is 0.278. The molecule has 0 spiro atoms. The maximum Gasteiger partial charge on any atom is 0.143 e. The Labute approximate surface area is 154 Å². The molecular weight excluding hydrogens is 382 g/mol. The second kappa shape index (κ2) is 6.93. The Morgan fingerprint density at radius 3 is 2.80 bits per heavy atom. The number of ether oxygens (including phenoxy) is 1. The SMILES string of the molecule is Cc1cccc2c(Nc3cnc(N4CCOCC4)c(Br)c3)ncnc12. The maximum absolute atomic E-state index is 5.40. The lowest BCUT2D eigenvalue weighted by Gasteiger charge is -2.28. The Bertz CT molecular complexity index is 911. The number of pyridine rings is 1. The smallest absolute Gasteiger partial charge is 0.143 e. The molecule has 1 saturated heterocycles. The maximum atomic E-state index is 5.40. The molecule has 3 aromatic rings. The van der Waals surface area contributed by atoms with Crippen LogP contribution in [0.3, 0.4) is 0 Å². The highest BCUT2D eigenvalue weighted by atomic mass is 79.9. The molecule has 1 fully saturated rings. The van der Waals surface area contributed by atoms with E-state index in [2.05, 4.69) is 41.1 Å². The number of para-hydroxylation sites is 1. The van der Waals surface area contributed by atoms with Crippen LogP contribution in [0.15, 0.2) is 41.3 Å². The summed E-state index contributed by atoms with van der Waals surface area (Å²) in [5, 5.41) is 4.35. The topological polar surface area (TPSA) is 63.2 Å². The number of nitrogens with zero attached hydrogens (tertiary/aromatic N) is 4. The summed E-state index contributed by atoms with van der Waals surface area (Å²) in [6.45, 7) is 5.23. The number of fused-ring (bicyclic) bond motifs is 1. The van der Waals surface area contributed by atoms with Crippen LogP contribution in [-0.2, 0) is 4.74 Å². The van der Waals surface area contributed by atoms with Gasteiger partial charge in [0, 0.05) is 18.5 Å². The predicted octanol–water partition coefficient (Wildman–Crippen LogP) is 3.68. The van der Waals surface area contributed by atoms with Crippen LogP contribution < -0.4 is 10.2 Å². The molecule has 0 atom stereocenters. The fourth-order valence-corrected chi connectivity index (χ4v) is 3.58.